The van der Waals surface area contributed by atoms with Crippen molar-refractivity contribution in [1.82, 2.24) is 9.55 Å². The molecule has 1 amide bonds. The molecule has 0 aliphatic heterocycles. The largest absolute Gasteiger partial charge is 0.306 e. The molecule has 0 radical (unpaired) electrons. The molecule has 23 heavy (non-hydrogen) atoms. The van der Waals surface area contributed by atoms with E-state index >= 15 is 0 Å². The van der Waals surface area contributed by atoms with Gasteiger partial charge in [-0.1, -0.05) is 41.4 Å². The summed E-state index contributed by atoms with van der Waals surface area (Å²) in [7, 11) is 0. The smallest absolute Gasteiger partial charge is 0.298 e. The van der Waals surface area contributed by atoms with Crippen molar-refractivity contribution in [2.75, 3.05) is 5.32 Å². The Hall–Kier alpha value is -2.37. The Morgan fingerprint density at radius 2 is 1.78 bits per heavy atom. The Kier molecular flexibility index (Phi) is 4.07. The molecule has 0 saturated carbocycles. The number of hydrogen-bond acceptors (Lipinski definition) is 3. The molecule has 0 fully saturated rings. The lowest BCUT2D eigenvalue weighted by molar-refractivity contribution is -0.114. The van der Waals surface area contributed by atoms with Crippen LogP contribution in [0.2, 0.25) is 10.0 Å². The number of para-hydroxylation sites is 1. The number of amides is 1. The monoisotopic (exact) mass is 347 g/mol. The first-order chi connectivity index (χ1) is 11.0. The van der Waals surface area contributed by atoms with Gasteiger partial charge in [0.2, 0.25) is 5.91 Å². The van der Waals surface area contributed by atoms with Gasteiger partial charge >= 0.3 is 0 Å². The third kappa shape index (κ3) is 2.93. The summed E-state index contributed by atoms with van der Waals surface area (Å²) in [4.78, 5) is 28.2. The van der Waals surface area contributed by atoms with E-state index in [1.54, 1.807) is 24.3 Å². The number of hydrogen-bond donors (Lipinski definition) is 1. The van der Waals surface area contributed by atoms with Gasteiger partial charge in [0.05, 0.1) is 21.1 Å². The molecule has 2 aromatic carbocycles. The van der Waals surface area contributed by atoms with Crippen molar-refractivity contribution in [1.29, 1.82) is 0 Å². The molecule has 3 aromatic rings. The third-order valence-electron chi connectivity index (χ3n) is 3.21. The van der Waals surface area contributed by atoms with Gasteiger partial charge in [0.15, 0.2) is 5.82 Å². The fourth-order valence-corrected chi connectivity index (χ4v) is 2.58. The number of rotatable bonds is 2. The molecule has 0 saturated heterocycles. The van der Waals surface area contributed by atoms with Crippen molar-refractivity contribution in [3.8, 4) is 5.69 Å². The molecular formula is C16H11Cl2N3O2. The van der Waals surface area contributed by atoms with E-state index in [9.17, 15) is 9.59 Å². The van der Waals surface area contributed by atoms with E-state index < -0.39 is 5.56 Å². The molecule has 7 heteroatoms. The van der Waals surface area contributed by atoms with Gasteiger partial charge in [0, 0.05) is 12.6 Å². The predicted octanol–water partition coefficient (Wildman–Crippen LogP) is 3.65. The molecule has 0 atom stereocenters. The summed E-state index contributed by atoms with van der Waals surface area (Å²) in [5, 5.41) is 3.09. The van der Waals surface area contributed by atoms with Crippen LogP contribution in [-0.4, -0.2) is 15.5 Å². The normalized spacial score (nSPS) is 10.7. The highest BCUT2D eigenvalue weighted by Gasteiger charge is 2.15. The van der Waals surface area contributed by atoms with Gasteiger partial charge in [-0.2, -0.15) is 0 Å². The quantitative estimate of drug-likeness (QED) is 0.769. The zero-order valence-electron chi connectivity index (χ0n) is 12.0. The number of fused-ring (bicyclic) bond motifs is 1. The number of carbonyl (C=O) groups is 1. The number of nitrogens with zero attached hydrogens (tertiary/aromatic N) is 2. The Balaban J connectivity index is 2.43. The third-order valence-corrected chi connectivity index (χ3v) is 3.93. The van der Waals surface area contributed by atoms with Crippen molar-refractivity contribution in [3.63, 3.8) is 0 Å². The second-order valence-corrected chi connectivity index (χ2v) is 5.69. The summed E-state index contributed by atoms with van der Waals surface area (Å²) in [6.07, 6.45) is 0. The second kappa shape index (κ2) is 6.02. The van der Waals surface area contributed by atoms with E-state index in [0.717, 1.165) is 0 Å². The summed E-state index contributed by atoms with van der Waals surface area (Å²) >= 11 is 12.1. The molecule has 1 heterocycles. The summed E-state index contributed by atoms with van der Waals surface area (Å²) < 4.78 is 1.44. The Morgan fingerprint density at radius 1 is 1.13 bits per heavy atom. The highest BCUT2D eigenvalue weighted by Crippen LogP contribution is 2.28. The van der Waals surface area contributed by atoms with E-state index in [1.165, 1.54) is 11.5 Å². The van der Waals surface area contributed by atoms with Gasteiger partial charge in [-0.05, 0) is 24.3 Å². The molecule has 0 unspecified atom stereocenters. The minimum absolute atomic E-state index is 0.0627. The maximum Gasteiger partial charge on any atom is 0.298 e. The van der Waals surface area contributed by atoms with E-state index in [0.29, 0.717) is 26.8 Å². The van der Waals surface area contributed by atoms with Crippen LogP contribution in [0.4, 0.5) is 5.82 Å². The number of halogens is 2. The Bertz CT molecular complexity index is 968. The molecular weight excluding hydrogens is 337 g/mol. The second-order valence-electron chi connectivity index (χ2n) is 4.87. The summed E-state index contributed by atoms with van der Waals surface area (Å²) in [5.41, 5.74) is 1.14. The van der Waals surface area contributed by atoms with Crippen molar-refractivity contribution in [2.24, 2.45) is 0 Å². The maximum absolute atomic E-state index is 12.7. The summed E-state index contributed by atoms with van der Waals surface area (Å²) in [6, 6.07) is 12.2. The summed E-state index contributed by atoms with van der Waals surface area (Å²) in [5.74, 6) is -0.444. The molecule has 0 aliphatic carbocycles. The van der Waals surface area contributed by atoms with Crippen LogP contribution in [0.25, 0.3) is 16.7 Å². The summed E-state index contributed by atoms with van der Waals surface area (Å²) in [6.45, 7) is 1.31. The number of anilines is 1. The lowest BCUT2D eigenvalue weighted by atomic mass is 10.2. The first-order valence-electron chi connectivity index (χ1n) is 6.72. The molecule has 5 nitrogen and oxygen atoms in total. The zero-order chi connectivity index (χ0) is 16.6. The van der Waals surface area contributed by atoms with Crippen LogP contribution < -0.4 is 10.9 Å². The zero-order valence-corrected chi connectivity index (χ0v) is 13.5. The topological polar surface area (TPSA) is 64.0 Å². The van der Waals surface area contributed by atoms with Gasteiger partial charge in [-0.3, -0.25) is 14.2 Å². The Labute approximate surface area is 141 Å². The minimum Gasteiger partial charge on any atom is -0.306 e. The first-order valence-corrected chi connectivity index (χ1v) is 7.48. The minimum atomic E-state index is -0.447. The molecule has 0 spiro atoms. The van der Waals surface area contributed by atoms with Crippen molar-refractivity contribution in [3.05, 3.63) is 62.9 Å². The van der Waals surface area contributed by atoms with Crippen LogP contribution in [0.1, 0.15) is 6.92 Å². The van der Waals surface area contributed by atoms with Crippen molar-refractivity contribution < 1.29 is 4.79 Å². The van der Waals surface area contributed by atoms with Crippen molar-refractivity contribution >= 4 is 46.0 Å². The molecule has 0 aliphatic rings. The molecule has 1 N–H and O–H groups in total. The van der Waals surface area contributed by atoms with Crippen molar-refractivity contribution in [2.45, 2.75) is 6.92 Å². The standard InChI is InChI=1S/C16H11Cl2N3O2/c1-9(22)19-15-16(23)21(10-5-3-2-4-6-10)14-8-12(18)11(17)7-13(14)20-15/h2-8H,1H3,(H,19,20,22). The number of carbonyl (C=O) groups excluding carboxylic acids is 1. The van der Waals surface area contributed by atoms with Gasteiger partial charge in [-0.25, -0.2) is 4.98 Å². The molecule has 116 valence electrons. The van der Waals surface area contributed by atoms with Crippen LogP contribution in [0, 0.1) is 0 Å². The van der Waals surface area contributed by atoms with E-state index in [2.05, 4.69) is 10.3 Å². The maximum atomic E-state index is 12.7. The van der Waals surface area contributed by atoms with Crippen LogP contribution >= 0.6 is 23.2 Å². The number of benzene rings is 2. The van der Waals surface area contributed by atoms with Gasteiger partial charge in [0.1, 0.15) is 0 Å². The lowest BCUT2D eigenvalue weighted by Crippen LogP contribution is -2.26. The molecule has 3 rings (SSSR count). The van der Waals surface area contributed by atoms with E-state index in [1.807, 2.05) is 18.2 Å². The van der Waals surface area contributed by atoms with Gasteiger partial charge in [0.25, 0.3) is 5.56 Å². The van der Waals surface area contributed by atoms with Crippen LogP contribution in [0.15, 0.2) is 47.3 Å². The highest BCUT2D eigenvalue weighted by molar-refractivity contribution is 6.42. The lowest BCUT2D eigenvalue weighted by Gasteiger charge is -2.13. The molecule has 1 aromatic heterocycles. The fraction of sp³-hybridized carbons (Fsp3) is 0.0625. The number of nitrogens with one attached hydrogen (secondary N) is 1. The van der Waals surface area contributed by atoms with Crippen LogP contribution in [-0.2, 0) is 4.79 Å². The van der Waals surface area contributed by atoms with Crippen LogP contribution in [0.3, 0.4) is 0 Å². The average molecular weight is 348 g/mol. The molecule has 0 bridgehead atoms. The number of aromatic nitrogens is 2. The Morgan fingerprint density at radius 3 is 2.43 bits per heavy atom. The van der Waals surface area contributed by atoms with E-state index in [-0.39, 0.29) is 11.7 Å². The SMILES string of the molecule is CC(=O)Nc1nc2cc(Cl)c(Cl)cc2n(-c2ccccc2)c1=O. The fourth-order valence-electron chi connectivity index (χ4n) is 2.26. The van der Waals surface area contributed by atoms with Gasteiger partial charge in [-0.15, -0.1) is 0 Å². The van der Waals surface area contributed by atoms with Crippen LogP contribution in [0.5, 0.6) is 0 Å². The van der Waals surface area contributed by atoms with Gasteiger partial charge < -0.3 is 5.32 Å². The highest BCUT2D eigenvalue weighted by atomic mass is 35.5. The first kappa shape index (κ1) is 15.5. The predicted molar refractivity (Wildman–Crippen MR) is 91.7 cm³/mol. The average Bonchev–Trinajstić information content (AvgIpc) is 2.51. The van der Waals surface area contributed by atoms with E-state index in [4.69, 9.17) is 23.2 Å².